The standard InChI is InChI=1S/C45H70N2.2C22H45.Ni/c1-7-13-17-18-19-20-21-22-23-24-25-29-43-42(28-16-10-4)44(40-32-36(11-5)30-38(34-40)26-14-8-2)47(46)45(43)41-33-37(12-6)31-39(35-41)27-15-9-3;2*1-3-5-7-9-11-13-15-17-19-21-22-20-18-16-14-12-10-8-6-4-2;/h30-35H,7-29H2,1-6H3;2*1,3-22H2,2H3;. The number of aryl methyl sites for hydroxylation is 4. The fraction of sp³-hybridized carbons (Fsp3) is 0.820. The van der Waals surface area contributed by atoms with Gasteiger partial charge in [-0.25, -0.2) is 4.70 Å². The van der Waals surface area contributed by atoms with Crippen molar-refractivity contribution in [1.29, 1.82) is 0 Å². The van der Waals surface area contributed by atoms with Crippen molar-refractivity contribution < 1.29 is 19.1 Å². The van der Waals surface area contributed by atoms with Crippen molar-refractivity contribution in [3.05, 3.63) is 86.5 Å². The van der Waals surface area contributed by atoms with Crippen LogP contribution in [0.3, 0.4) is 0 Å². The first-order valence-electron chi connectivity index (χ1n) is 42.1. The third-order valence-corrected chi connectivity index (χ3v) is 21.8. The molecule has 1 aliphatic rings. The van der Waals surface area contributed by atoms with Gasteiger partial charge in [-0.1, -0.05) is 267 Å². The smallest absolute Gasteiger partial charge is 0.0654 e. The quantitative estimate of drug-likeness (QED) is 0.0358. The minimum Gasteiger partial charge on any atom is -0.0654 e. The molecule has 3 heteroatoms. The van der Waals surface area contributed by atoms with Crippen molar-refractivity contribution in [3.8, 4) is 0 Å². The number of hydrogen-bond donors (Lipinski definition) is 0. The summed E-state index contributed by atoms with van der Waals surface area (Å²) in [6.07, 6.45) is 87.5. The zero-order valence-electron chi connectivity index (χ0n) is 63.6. The molecule has 2 aromatic rings. The second-order valence-corrected chi connectivity index (χ2v) is 30.7. The van der Waals surface area contributed by atoms with Gasteiger partial charge in [0.15, 0.2) is 0 Å². The molecule has 0 unspecified atom stereocenters. The maximum atomic E-state index is 12.4. The third-order valence-electron chi connectivity index (χ3n) is 20.4. The Labute approximate surface area is 584 Å². The molecule has 0 amide bonds. The second-order valence-electron chi connectivity index (χ2n) is 29.3. The van der Waals surface area contributed by atoms with E-state index < -0.39 is 0 Å². The molecule has 0 radical (unpaired) electrons. The number of benzene rings is 2. The zero-order chi connectivity index (χ0) is 66.3. The molecular weight excluding hydrogens is 1160 g/mol. The number of allylic oxidation sites excluding steroid dienone is 2. The molecule has 0 spiro atoms. The van der Waals surface area contributed by atoms with Crippen LogP contribution in [0, 0.1) is 0 Å². The summed E-state index contributed by atoms with van der Waals surface area (Å²) < 4.78 is 1.63. The van der Waals surface area contributed by atoms with Gasteiger partial charge in [-0.2, -0.15) is 0 Å². The van der Waals surface area contributed by atoms with Gasteiger partial charge in [0.05, 0.1) is 0 Å². The molecule has 0 fully saturated rings. The predicted octanol–water partition coefficient (Wildman–Crippen LogP) is 32.1. The molecule has 0 saturated carbocycles. The van der Waals surface area contributed by atoms with Gasteiger partial charge in [0.25, 0.3) is 0 Å². The molecule has 0 aromatic heterocycles. The summed E-state index contributed by atoms with van der Waals surface area (Å²) in [7, 11) is 0. The van der Waals surface area contributed by atoms with E-state index >= 15 is 0 Å². The normalized spacial score (nSPS) is 12.6. The first kappa shape index (κ1) is 86.1. The molecule has 0 bridgehead atoms. The van der Waals surface area contributed by atoms with E-state index in [0.717, 1.165) is 62.8 Å². The van der Waals surface area contributed by atoms with Crippen LogP contribution in [0.2, 0.25) is 10.8 Å². The summed E-state index contributed by atoms with van der Waals surface area (Å²) in [5, 5.41) is 2.87. The number of rotatable bonds is 67. The van der Waals surface area contributed by atoms with Crippen molar-refractivity contribution in [2.24, 2.45) is 0 Å². The molecule has 1 aliphatic heterocycles. The Bertz CT molecular complexity index is 1980. The fourth-order valence-electron chi connectivity index (χ4n) is 14.3. The molecule has 92 heavy (non-hydrogen) atoms. The van der Waals surface area contributed by atoms with E-state index in [1.807, 2.05) is 14.4 Å². The summed E-state index contributed by atoms with van der Waals surface area (Å²) in [5.74, 6) is 0. The Morgan fingerprint density at radius 2 is 0.435 bits per heavy atom. The zero-order valence-corrected chi connectivity index (χ0v) is 64.6. The maximum absolute atomic E-state index is 12.4. The average Bonchev–Trinajstić information content (AvgIpc) is 1.60. The van der Waals surface area contributed by atoms with Crippen LogP contribution in [-0.2, 0) is 40.1 Å². The minimum absolute atomic E-state index is 1.02. The Morgan fingerprint density at radius 3 is 0.685 bits per heavy atom. The molecule has 3 rings (SSSR count). The van der Waals surface area contributed by atoms with Crippen LogP contribution in [0.1, 0.15) is 468 Å². The van der Waals surface area contributed by atoms with Crippen molar-refractivity contribution in [2.45, 2.75) is 471 Å². The summed E-state index contributed by atoms with van der Waals surface area (Å²) in [6, 6.07) is 14.3. The molecule has 0 atom stereocenters. The Morgan fingerprint density at radius 1 is 0.228 bits per heavy atom. The van der Waals surface area contributed by atoms with Gasteiger partial charge in [0, 0.05) is 22.3 Å². The summed E-state index contributed by atoms with van der Waals surface area (Å²) >= 11 is 2.05. The van der Waals surface area contributed by atoms with E-state index in [1.165, 1.54) is 408 Å². The Balaban J connectivity index is 0.000000628. The van der Waals surface area contributed by atoms with Gasteiger partial charge >= 0.3 is 166 Å². The predicted molar refractivity (Wildman–Crippen MR) is 413 cm³/mol. The Hall–Kier alpha value is -1.99. The van der Waals surface area contributed by atoms with Gasteiger partial charge in [0.2, 0.25) is 11.4 Å². The molecule has 2 nitrogen and oxygen atoms in total. The third kappa shape index (κ3) is 45.5. The fourth-order valence-corrected chi connectivity index (χ4v) is 15.5. The first-order valence-corrected chi connectivity index (χ1v) is 43.5. The van der Waals surface area contributed by atoms with Crippen LogP contribution in [0.4, 0.5) is 0 Å². The molecular formula is C89H160N2Ni. The average molecular weight is 1320 g/mol. The van der Waals surface area contributed by atoms with Crippen molar-refractivity contribution in [2.75, 3.05) is 0 Å². The van der Waals surface area contributed by atoms with E-state index in [0.29, 0.717) is 0 Å². The van der Waals surface area contributed by atoms with Crippen molar-refractivity contribution in [1.82, 2.24) is 0 Å². The van der Waals surface area contributed by atoms with Crippen LogP contribution in [0.15, 0.2) is 47.5 Å². The summed E-state index contributed by atoms with van der Waals surface area (Å²) in [5.41, 5.74) is 25.2. The van der Waals surface area contributed by atoms with Gasteiger partial charge in [0.1, 0.15) is 0 Å². The van der Waals surface area contributed by atoms with Gasteiger partial charge in [-0.3, -0.25) is 0 Å². The van der Waals surface area contributed by atoms with Crippen molar-refractivity contribution >= 4 is 11.4 Å². The molecule has 0 saturated heterocycles. The van der Waals surface area contributed by atoms with E-state index in [-0.39, 0.29) is 0 Å². The molecule has 0 aliphatic carbocycles. The van der Waals surface area contributed by atoms with Crippen molar-refractivity contribution in [3.63, 3.8) is 0 Å². The van der Waals surface area contributed by atoms with Crippen LogP contribution < -0.4 is 0 Å². The minimum atomic E-state index is 1.02. The van der Waals surface area contributed by atoms with Gasteiger partial charge < -0.3 is 5.53 Å². The van der Waals surface area contributed by atoms with Gasteiger partial charge in [-0.05, 0) is 111 Å². The van der Waals surface area contributed by atoms with Crippen LogP contribution in [-0.4, -0.2) is 4.70 Å². The summed E-state index contributed by atoms with van der Waals surface area (Å²) in [6.45, 7) is 18.3. The monoisotopic (exact) mass is 1320 g/mol. The molecule has 1 heterocycles. The molecule has 2 aromatic carbocycles. The van der Waals surface area contributed by atoms with Gasteiger partial charge in [-0.15, -0.1) is 0 Å². The SMILES string of the molecule is CCCCCCCCCCCCCC1=C(c2cc(CC)cc(CCCC)c2)[N+](=[N-])C(c2cc(CC)cc(CCCC)c2)=C1CCCC.CCCCCCCCCCCCCCCCCCCCC[CH2][Ni][CH2]CCCCCCCCCCCCCCCCCCCCC. The van der Waals surface area contributed by atoms with Crippen LogP contribution >= 0.6 is 0 Å². The van der Waals surface area contributed by atoms with E-state index in [4.69, 9.17) is 0 Å². The molecule has 0 N–H and O–H groups in total. The van der Waals surface area contributed by atoms with E-state index in [9.17, 15) is 5.53 Å². The Kier molecular flexibility index (Phi) is 60.8. The number of unbranched alkanes of at least 4 members (excludes halogenated alkanes) is 51. The number of hydrogen-bond acceptors (Lipinski definition) is 0. The first-order chi connectivity index (χ1) is 45.4. The van der Waals surface area contributed by atoms with E-state index in [2.05, 4.69) is 91.8 Å². The summed E-state index contributed by atoms with van der Waals surface area (Å²) in [4.78, 5) is 0. The van der Waals surface area contributed by atoms with Crippen LogP contribution in [0.5, 0.6) is 0 Å². The second kappa shape index (κ2) is 65.0. The topological polar surface area (TPSA) is 25.3 Å². The molecule has 536 valence electrons. The van der Waals surface area contributed by atoms with E-state index in [1.54, 1.807) is 4.70 Å². The van der Waals surface area contributed by atoms with Crippen LogP contribution in [0.25, 0.3) is 16.9 Å². The number of nitrogens with zero attached hydrogens (tertiary/aromatic N) is 2.